The van der Waals surface area contributed by atoms with Gasteiger partial charge in [-0.05, 0) is 42.8 Å². The molecule has 1 atom stereocenters. The van der Waals surface area contributed by atoms with Gasteiger partial charge in [-0.1, -0.05) is 35.5 Å². The summed E-state index contributed by atoms with van der Waals surface area (Å²) < 4.78 is 4.67. The van der Waals surface area contributed by atoms with Crippen molar-refractivity contribution >= 4 is 11.8 Å². The van der Waals surface area contributed by atoms with Gasteiger partial charge in [0.25, 0.3) is 5.91 Å². The van der Waals surface area contributed by atoms with Crippen molar-refractivity contribution in [2.45, 2.75) is 39.2 Å². The fourth-order valence-electron chi connectivity index (χ4n) is 4.54. The van der Waals surface area contributed by atoms with Crippen LogP contribution in [0.2, 0.25) is 0 Å². The summed E-state index contributed by atoms with van der Waals surface area (Å²) in [6.07, 6.45) is 3.38. The lowest BCUT2D eigenvalue weighted by atomic mass is 9.93. The number of amides is 2. The van der Waals surface area contributed by atoms with E-state index in [0.717, 1.165) is 58.5 Å². The van der Waals surface area contributed by atoms with E-state index < -0.39 is 0 Å². The first kappa shape index (κ1) is 21.5. The Kier molecular flexibility index (Phi) is 6.96. The first-order valence-corrected chi connectivity index (χ1v) is 11.2. The van der Waals surface area contributed by atoms with Crippen molar-refractivity contribution in [1.29, 1.82) is 0 Å². The van der Waals surface area contributed by atoms with Crippen LogP contribution in [0.1, 0.15) is 47.4 Å². The highest BCUT2D eigenvalue weighted by Crippen LogP contribution is 2.23. The summed E-state index contributed by atoms with van der Waals surface area (Å²) in [5.41, 5.74) is 2.13. The molecular weight excluding hydrogens is 394 g/mol. The number of hydrogen-bond acceptors (Lipinski definition) is 6. The molecule has 2 aliphatic heterocycles. The number of nitrogens with zero attached hydrogens (tertiary/aromatic N) is 5. The van der Waals surface area contributed by atoms with Crippen molar-refractivity contribution < 1.29 is 14.2 Å². The van der Waals surface area contributed by atoms with Crippen LogP contribution in [0.4, 0.5) is 0 Å². The predicted octanol–water partition coefficient (Wildman–Crippen LogP) is 2.35. The van der Waals surface area contributed by atoms with Crippen LogP contribution in [0.25, 0.3) is 0 Å². The third kappa shape index (κ3) is 5.50. The van der Waals surface area contributed by atoms with Crippen molar-refractivity contribution in [1.82, 2.24) is 25.0 Å². The summed E-state index contributed by atoms with van der Waals surface area (Å²) >= 11 is 0. The van der Waals surface area contributed by atoms with Gasteiger partial charge in [0.15, 0.2) is 5.69 Å². The second-order valence-corrected chi connectivity index (χ2v) is 8.64. The minimum absolute atomic E-state index is 0.121. The van der Waals surface area contributed by atoms with E-state index in [-0.39, 0.29) is 11.8 Å². The molecular formula is C23H31N5O3. The van der Waals surface area contributed by atoms with Crippen molar-refractivity contribution in [2.75, 3.05) is 39.3 Å². The topological polar surface area (TPSA) is 82.8 Å². The lowest BCUT2D eigenvalue weighted by Gasteiger charge is -2.36. The minimum atomic E-state index is -0.121. The molecule has 1 aromatic heterocycles. The number of aryl methyl sites for hydroxylation is 1. The number of rotatable bonds is 6. The Hall–Kier alpha value is -2.74. The zero-order valence-corrected chi connectivity index (χ0v) is 18.2. The number of carbonyl (C=O) groups is 2. The van der Waals surface area contributed by atoms with E-state index in [1.807, 2.05) is 15.9 Å². The van der Waals surface area contributed by atoms with Crippen molar-refractivity contribution in [3.05, 3.63) is 47.3 Å². The van der Waals surface area contributed by atoms with Crippen molar-refractivity contribution in [3.8, 4) is 0 Å². The molecule has 0 aliphatic carbocycles. The molecule has 8 nitrogen and oxygen atoms in total. The van der Waals surface area contributed by atoms with Gasteiger partial charge in [-0.25, -0.2) is 4.63 Å². The monoisotopic (exact) mass is 425 g/mol. The Labute approximate surface area is 183 Å². The molecule has 166 valence electrons. The van der Waals surface area contributed by atoms with E-state index in [1.165, 1.54) is 5.56 Å². The van der Waals surface area contributed by atoms with E-state index in [9.17, 15) is 9.59 Å². The Balaban J connectivity index is 1.20. The van der Waals surface area contributed by atoms with E-state index in [4.69, 9.17) is 0 Å². The molecule has 0 spiro atoms. The maximum absolute atomic E-state index is 12.7. The molecule has 2 aromatic rings. The Bertz CT molecular complexity index is 876. The Morgan fingerprint density at radius 2 is 1.81 bits per heavy atom. The molecule has 31 heavy (non-hydrogen) atoms. The fraction of sp³-hybridized carbons (Fsp3) is 0.565. The van der Waals surface area contributed by atoms with Gasteiger partial charge >= 0.3 is 0 Å². The summed E-state index contributed by atoms with van der Waals surface area (Å²) in [6.45, 7) is 7.47. The minimum Gasteiger partial charge on any atom is -0.340 e. The highest BCUT2D eigenvalue weighted by Gasteiger charge is 2.29. The number of hydrogen-bond donors (Lipinski definition) is 0. The van der Waals surface area contributed by atoms with Gasteiger partial charge in [0.2, 0.25) is 5.91 Å². The van der Waals surface area contributed by atoms with E-state index in [2.05, 4.69) is 44.1 Å². The average molecular weight is 426 g/mol. The number of likely N-dealkylation sites (tertiary alicyclic amines) is 1. The molecule has 1 aromatic carbocycles. The lowest BCUT2D eigenvalue weighted by Crippen LogP contribution is -2.48. The van der Waals surface area contributed by atoms with Crippen LogP contribution in [0.15, 0.2) is 35.0 Å². The third-order valence-electron chi connectivity index (χ3n) is 6.40. The van der Waals surface area contributed by atoms with Crippen LogP contribution in [0.5, 0.6) is 0 Å². The largest absolute Gasteiger partial charge is 0.340 e. The van der Waals surface area contributed by atoms with Gasteiger partial charge < -0.3 is 9.80 Å². The van der Waals surface area contributed by atoms with Gasteiger partial charge in [-0.2, -0.15) is 0 Å². The average Bonchev–Trinajstić information content (AvgIpc) is 3.24. The molecule has 0 bridgehead atoms. The SMILES string of the molecule is Cc1nonc1C(=O)N1CCC[C@H](CCC(=O)N2CCN(Cc3ccccc3)CC2)C1. The van der Waals surface area contributed by atoms with E-state index in [1.54, 1.807) is 6.92 Å². The number of aromatic nitrogens is 2. The van der Waals surface area contributed by atoms with Gasteiger partial charge in [-0.15, -0.1) is 0 Å². The Morgan fingerprint density at radius 1 is 1.03 bits per heavy atom. The summed E-state index contributed by atoms with van der Waals surface area (Å²) in [6, 6.07) is 10.5. The quantitative estimate of drug-likeness (QED) is 0.707. The highest BCUT2D eigenvalue weighted by molar-refractivity contribution is 5.93. The first-order valence-electron chi connectivity index (χ1n) is 11.2. The highest BCUT2D eigenvalue weighted by atomic mass is 16.6. The standard InChI is InChI=1S/C23H31N5O3/c1-18-22(25-31-24-18)23(30)28-11-5-8-20(17-28)9-10-21(29)27-14-12-26(13-15-27)16-19-6-3-2-4-7-19/h2-4,6-7,20H,5,8-17H2,1H3/t20-/m1/s1. The van der Waals surface area contributed by atoms with Crippen LogP contribution in [0.3, 0.4) is 0 Å². The molecule has 0 N–H and O–H groups in total. The van der Waals surface area contributed by atoms with Gasteiger partial charge in [-0.3, -0.25) is 14.5 Å². The molecule has 8 heteroatoms. The van der Waals surface area contributed by atoms with Crippen LogP contribution in [0, 0.1) is 12.8 Å². The first-order chi connectivity index (χ1) is 15.1. The molecule has 2 fully saturated rings. The smallest absolute Gasteiger partial charge is 0.278 e. The zero-order valence-electron chi connectivity index (χ0n) is 18.2. The summed E-state index contributed by atoms with van der Waals surface area (Å²) in [4.78, 5) is 31.6. The lowest BCUT2D eigenvalue weighted by molar-refractivity contribution is -0.133. The molecule has 2 amide bonds. The van der Waals surface area contributed by atoms with Crippen LogP contribution < -0.4 is 0 Å². The van der Waals surface area contributed by atoms with Crippen molar-refractivity contribution in [3.63, 3.8) is 0 Å². The maximum Gasteiger partial charge on any atom is 0.278 e. The third-order valence-corrected chi connectivity index (χ3v) is 6.40. The molecule has 4 rings (SSSR count). The van der Waals surface area contributed by atoms with Crippen LogP contribution in [-0.2, 0) is 11.3 Å². The van der Waals surface area contributed by atoms with Gasteiger partial charge in [0.1, 0.15) is 5.69 Å². The normalized spacial score (nSPS) is 20.1. The molecule has 0 radical (unpaired) electrons. The number of carbonyl (C=O) groups excluding carboxylic acids is 2. The maximum atomic E-state index is 12.7. The molecule has 2 aliphatic rings. The van der Waals surface area contributed by atoms with Gasteiger partial charge in [0.05, 0.1) is 0 Å². The molecule has 3 heterocycles. The van der Waals surface area contributed by atoms with E-state index in [0.29, 0.717) is 30.3 Å². The second-order valence-electron chi connectivity index (χ2n) is 8.64. The van der Waals surface area contributed by atoms with E-state index >= 15 is 0 Å². The van der Waals surface area contributed by atoms with Crippen LogP contribution >= 0.6 is 0 Å². The number of piperidine rings is 1. The summed E-state index contributed by atoms with van der Waals surface area (Å²) in [5.74, 6) is 0.463. The summed E-state index contributed by atoms with van der Waals surface area (Å²) in [7, 11) is 0. The second kappa shape index (κ2) is 10.0. The van der Waals surface area contributed by atoms with Crippen LogP contribution in [-0.4, -0.2) is 76.1 Å². The number of piperazine rings is 1. The predicted molar refractivity (Wildman–Crippen MR) is 115 cm³/mol. The molecule has 0 unspecified atom stereocenters. The summed E-state index contributed by atoms with van der Waals surface area (Å²) in [5, 5.41) is 7.45. The van der Waals surface area contributed by atoms with Gasteiger partial charge in [0, 0.05) is 52.2 Å². The molecule has 0 saturated carbocycles. The van der Waals surface area contributed by atoms with Crippen molar-refractivity contribution in [2.24, 2.45) is 5.92 Å². The Morgan fingerprint density at radius 3 is 2.52 bits per heavy atom. The number of benzene rings is 1. The fourth-order valence-corrected chi connectivity index (χ4v) is 4.54. The molecule has 2 saturated heterocycles. The zero-order chi connectivity index (χ0) is 21.6.